The van der Waals surface area contributed by atoms with Gasteiger partial charge < -0.3 is 14.2 Å². The molecule has 11 heteroatoms. The fourth-order valence-corrected chi connectivity index (χ4v) is 4.92. The van der Waals surface area contributed by atoms with Gasteiger partial charge in [-0.15, -0.1) is 11.3 Å². The fraction of sp³-hybridized carbons (Fsp3) is 0.345. The maximum absolute atomic E-state index is 13.6. The third-order valence-electron chi connectivity index (χ3n) is 5.99. The molecule has 0 amide bonds. The van der Waals surface area contributed by atoms with Gasteiger partial charge in [-0.25, -0.2) is 9.78 Å². The van der Waals surface area contributed by atoms with Crippen molar-refractivity contribution in [3.63, 3.8) is 0 Å². The second kappa shape index (κ2) is 11.3. The van der Waals surface area contributed by atoms with Gasteiger partial charge in [0.25, 0.3) is 0 Å². The average molecular weight is 575 g/mol. The minimum absolute atomic E-state index is 0.0555. The molecule has 2 aromatic carbocycles. The van der Waals surface area contributed by atoms with E-state index in [2.05, 4.69) is 4.98 Å². The zero-order valence-corrected chi connectivity index (χ0v) is 23.5. The van der Waals surface area contributed by atoms with E-state index in [4.69, 9.17) is 14.2 Å². The molecule has 2 heterocycles. The Labute approximate surface area is 233 Å². The SMILES string of the molecule is CCOC(=O)c1sc(-n2cnc3ccc(COC(=O)C(C)(C)C)cc32)cc1O[C@H](C)c1ccccc1C(F)(F)F. The largest absolute Gasteiger partial charge is 0.484 e. The molecule has 0 aliphatic rings. The highest BCUT2D eigenvalue weighted by molar-refractivity contribution is 7.16. The number of aromatic nitrogens is 2. The van der Waals surface area contributed by atoms with Crippen LogP contribution in [0.25, 0.3) is 16.0 Å². The maximum atomic E-state index is 13.6. The van der Waals surface area contributed by atoms with Gasteiger partial charge in [-0.1, -0.05) is 24.3 Å². The Morgan fingerprint density at radius 1 is 1.05 bits per heavy atom. The Hall–Kier alpha value is -3.86. The van der Waals surface area contributed by atoms with Gasteiger partial charge in [-0.2, -0.15) is 13.2 Å². The number of esters is 2. The molecule has 0 bridgehead atoms. The van der Waals surface area contributed by atoms with Gasteiger partial charge >= 0.3 is 18.1 Å². The molecule has 40 heavy (non-hydrogen) atoms. The zero-order valence-electron chi connectivity index (χ0n) is 22.7. The van der Waals surface area contributed by atoms with E-state index in [1.807, 2.05) is 12.1 Å². The van der Waals surface area contributed by atoms with Crippen LogP contribution in [0.5, 0.6) is 5.75 Å². The summed E-state index contributed by atoms with van der Waals surface area (Å²) in [6.45, 7) is 8.65. The first kappa shape index (κ1) is 29.1. The molecule has 0 N–H and O–H groups in total. The number of alkyl halides is 3. The molecule has 0 aliphatic heterocycles. The Morgan fingerprint density at radius 3 is 2.45 bits per heavy atom. The van der Waals surface area contributed by atoms with Crippen molar-refractivity contribution in [2.45, 2.75) is 53.5 Å². The van der Waals surface area contributed by atoms with Crippen LogP contribution in [0.4, 0.5) is 13.2 Å². The second-order valence-corrected chi connectivity index (χ2v) is 11.1. The number of hydrogen-bond acceptors (Lipinski definition) is 7. The Morgan fingerprint density at radius 2 is 1.77 bits per heavy atom. The summed E-state index contributed by atoms with van der Waals surface area (Å²) >= 11 is 1.07. The maximum Gasteiger partial charge on any atom is 0.416 e. The molecule has 212 valence electrons. The summed E-state index contributed by atoms with van der Waals surface area (Å²) in [4.78, 5) is 29.5. The van der Waals surface area contributed by atoms with Crippen molar-refractivity contribution in [3.05, 3.63) is 76.4 Å². The lowest BCUT2D eigenvalue weighted by molar-refractivity contribution is -0.154. The van der Waals surface area contributed by atoms with Gasteiger partial charge in [-0.3, -0.25) is 9.36 Å². The molecule has 0 radical (unpaired) electrons. The van der Waals surface area contributed by atoms with Gasteiger partial charge in [0.2, 0.25) is 0 Å². The van der Waals surface area contributed by atoms with Crippen LogP contribution >= 0.6 is 11.3 Å². The van der Waals surface area contributed by atoms with Crippen LogP contribution in [0.15, 0.2) is 54.9 Å². The van der Waals surface area contributed by atoms with Crippen LogP contribution in [0.3, 0.4) is 0 Å². The minimum Gasteiger partial charge on any atom is -0.484 e. The molecule has 7 nitrogen and oxygen atoms in total. The van der Waals surface area contributed by atoms with Crippen molar-refractivity contribution >= 4 is 34.3 Å². The highest BCUT2D eigenvalue weighted by Crippen LogP contribution is 2.39. The molecule has 1 atom stereocenters. The predicted octanol–water partition coefficient (Wildman–Crippen LogP) is 7.51. The fourth-order valence-electron chi connectivity index (χ4n) is 3.95. The van der Waals surface area contributed by atoms with Gasteiger partial charge in [0.15, 0.2) is 4.88 Å². The Kier molecular flexibility index (Phi) is 8.25. The van der Waals surface area contributed by atoms with Crippen molar-refractivity contribution in [1.29, 1.82) is 0 Å². The van der Waals surface area contributed by atoms with E-state index in [1.165, 1.54) is 25.1 Å². The standard InChI is InChI=1S/C29H29F3N2O5S/c1-6-37-26(35)25-23(39-17(2)19-9-7-8-10-20(19)29(30,31)32)14-24(40-25)34-16-33-21-12-11-18(13-22(21)34)15-38-27(36)28(3,4)5/h7-14,16-17H,6,15H2,1-5H3/t17-/m1/s1. The lowest BCUT2D eigenvalue weighted by atomic mass is 9.97. The van der Waals surface area contributed by atoms with Crippen molar-refractivity contribution in [2.24, 2.45) is 5.41 Å². The number of nitrogens with zero attached hydrogens (tertiary/aromatic N) is 2. The first-order valence-corrected chi connectivity index (χ1v) is 13.4. The number of halogens is 3. The normalized spacial score (nSPS) is 12.8. The van der Waals surface area contributed by atoms with Crippen LogP contribution in [0, 0.1) is 5.41 Å². The van der Waals surface area contributed by atoms with Crippen LogP contribution in [-0.4, -0.2) is 28.1 Å². The monoisotopic (exact) mass is 574 g/mol. The molecule has 0 spiro atoms. The van der Waals surface area contributed by atoms with E-state index in [1.54, 1.807) is 50.7 Å². The molecule has 0 unspecified atom stereocenters. The van der Waals surface area contributed by atoms with Crippen LogP contribution < -0.4 is 4.74 Å². The van der Waals surface area contributed by atoms with E-state index in [0.29, 0.717) is 16.0 Å². The molecule has 0 saturated heterocycles. The number of carbonyl (C=O) groups is 2. The van der Waals surface area contributed by atoms with Crippen LogP contribution in [0.1, 0.15) is 67.1 Å². The second-order valence-electron chi connectivity index (χ2n) is 10.1. The van der Waals surface area contributed by atoms with E-state index in [9.17, 15) is 22.8 Å². The molecule has 0 saturated carbocycles. The zero-order chi connectivity index (χ0) is 29.2. The minimum atomic E-state index is -4.56. The van der Waals surface area contributed by atoms with E-state index < -0.39 is 29.2 Å². The third-order valence-corrected chi connectivity index (χ3v) is 7.08. The molecular formula is C29H29F3N2O5S. The summed E-state index contributed by atoms with van der Waals surface area (Å²) in [5.41, 5.74) is 0.578. The number of fused-ring (bicyclic) bond motifs is 1. The van der Waals surface area contributed by atoms with Crippen molar-refractivity contribution in [3.8, 4) is 10.8 Å². The van der Waals surface area contributed by atoms with Crippen molar-refractivity contribution in [1.82, 2.24) is 9.55 Å². The summed E-state index contributed by atoms with van der Waals surface area (Å²) in [5, 5.41) is 0.542. The number of hydrogen-bond donors (Lipinski definition) is 0. The molecule has 4 rings (SSSR count). The average Bonchev–Trinajstić information content (AvgIpc) is 3.50. The molecule has 2 aromatic heterocycles. The molecule has 4 aromatic rings. The van der Waals surface area contributed by atoms with Gasteiger partial charge in [0, 0.05) is 11.6 Å². The summed E-state index contributed by atoms with van der Waals surface area (Å²) < 4.78 is 59.2. The number of ether oxygens (including phenoxy) is 3. The van der Waals surface area contributed by atoms with Crippen LogP contribution in [0.2, 0.25) is 0 Å². The number of carbonyl (C=O) groups excluding carboxylic acids is 2. The van der Waals surface area contributed by atoms with E-state index >= 15 is 0 Å². The van der Waals surface area contributed by atoms with E-state index in [0.717, 1.165) is 23.0 Å². The first-order valence-electron chi connectivity index (χ1n) is 12.6. The van der Waals surface area contributed by atoms with Crippen molar-refractivity contribution in [2.75, 3.05) is 6.61 Å². The van der Waals surface area contributed by atoms with Crippen LogP contribution in [-0.2, 0) is 27.1 Å². The Bertz CT molecular complexity index is 1530. The quantitative estimate of drug-likeness (QED) is 0.203. The molecule has 0 fully saturated rings. The van der Waals surface area contributed by atoms with Gasteiger partial charge in [0.1, 0.15) is 29.8 Å². The van der Waals surface area contributed by atoms with Gasteiger partial charge in [0.05, 0.1) is 28.6 Å². The van der Waals surface area contributed by atoms with Crippen molar-refractivity contribution < 1.29 is 37.0 Å². The number of imidazole rings is 1. The third kappa shape index (κ3) is 6.30. The number of rotatable bonds is 8. The van der Waals surface area contributed by atoms with E-state index in [-0.39, 0.29) is 35.4 Å². The molecule has 0 aliphatic carbocycles. The summed E-state index contributed by atoms with van der Waals surface area (Å²) in [7, 11) is 0. The summed E-state index contributed by atoms with van der Waals surface area (Å²) in [6.07, 6.45) is -4.01. The number of thiophene rings is 1. The Balaban J connectivity index is 1.69. The number of benzene rings is 2. The summed E-state index contributed by atoms with van der Waals surface area (Å²) in [5.74, 6) is -0.884. The topological polar surface area (TPSA) is 79.7 Å². The van der Waals surface area contributed by atoms with Gasteiger partial charge in [-0.05, 0) is 58.4 Å². The lowest BCUT2D eigenvalue weighted by Gasteiger charge is -2.19. The lowest BCUT2D eigenvalue weighted by Crippen LogP contribution is -2.22. The first-order chi connectivity index (χ1) is 18.8. The summed E-state index contributed by atoms with van der Waals surface area (Å²) in [6, 6.07) is 12.2. The molecular weight excluding hydrogens is 545 g/mol. The smallest absolute Gasteiger partial charge is 0.416 e. The highest BCUT2D eigenvalue weighted by Gasteiger charge is 2.35. The predicted molar refractivity (Wildman–Crippen MR) is 145 cm³/mol. The highest BCUT2D eigenvalue weighted by atomic mass is 32.1.